The van der Waals surface area contributed by atoms with Crippen LogP contribution in [0.1, 0.15) is 6.42 Å². The number of aromatic nitrogens is 3. The van der Waals surface area contributed by atoms with Gasteiger partial charge in [-0.2, -0.15) is 0 Å². The SMILES string of the molecule is O=C1C=CC[C@H](COn2nnc3ccc(Cl)cc32)O1. The van der Waals surface area contributed by atoms with Crippen LogP contribution < -0.4 is 4.84 Å². The monoisotopic (exact) mass is 279 g/mol. The molecular weight excluding hydrogens is 270 g/mol. The van der Waals surface area contributed by atoms with Crippen molar-refractivity contribution in [2.45, 2.75) is 12.5 Å². The maximum atomic E-state index is 11.1. The molecule has 3 rings (SSSR count). The Morgan fingerprint density at radius 3 is 3.26 bits per heavy atom. The van der Waals surface area contributed by atoms with Gasteiger partial charge in [0.15, 0.2) is 6.61 Å². The van der Waals surface area contributed by atoms with Crippen LogP contribution in [0.15, 0.2) is 30.4 Å². The molecule has 7 heteroatoms. The molecule has 98 valence electrons. The van der Waals surface area contributed by atoms with Crippen molar-refractivity contribution in [3.63, 3.8) is 0 Å². The Kier molecular flexibility index (Phi) is 3.08. The van der Waals surface area contributed by atoms with E-state index in [0.29, 0.717) is 22.5 Å². The molecule has 1 aliphatic heterocycles. The fraction of sp³-hybridized carbons (Fsp3) is 0.250. The lowest BCUT2D eigenvalue weighted by atomic mass is 10.2. The molecule has 19 heavy (non-hydrogen) atoms. The molecule has 2 aromatic rings. The van der Waals surface area contributed by atoms with Gasteiger partial charge < -0.3 is 9.57 Å². The van der Waals surface area contributed by atoms with E-state index in [1.54, 1.807) is 24.3 Å². The quantitative estimate of drug-likeness (QED) is 0.794. The van der Waals surface area contributed by atoms with Gasteiger partial charge in [0.05, 0.1) is 0 Å². The molecule has 1 atom stereocenters. The molecule has 0 radical (unpaired) electrons. The van der Waals surface area contributed by atoms with Crippen molar-refractivity contribution in [3.8, 4) is 0 Å². The number of rotatable bonds is 3. The maximum Gasteiger partial charge on any atom is 0.330 e. The Bertz CT molecular complexity index is 653. The van der Waals surface area contributed by atoms with E-state index in [9.17, 15) is 4.79 Å². The van der Waals surface area contributed by atoms with Gasteiger partial charge in [-0.3, -0.25) is 0 Å². The summed E-state index contributed by atoms with van der Waals surface area (Å²) >= 11 is 5.91. The van der Waals surface area contributed by atoms with Crippen molar-refractivity contribution in [2.75, 3.05) is 6.61 Å². The summed E-state index contributed by atoms with van der Waals surface area (Å²) in [4.78, 5) is 17.8. The van der Waals surface area contributed by atoms with E-state index in [4.69, 9.17) is 21.2 Å². The lowest BCUT2D eigenvalue weighted by Gasteiger charge is -2.18. The van der Waals surface area contributed by atoms with E-state index in [1.807, 2.05) is 0 Å². The molecule has 0 amide bonds. The summed E-state index contributed by atoms with van der Waals surface area (Å²) in [6.07, 6.45) is 3.48. The number of nitrogens with zero attached hydrogens (tertiary/aromatic N) is 3. The van der Waals surface area contributed by atoms with Crippen LogP contribution in [0, 0.1) is 0 Å². The number of fused-ring (bicyclic) bond motifs is 1. The van der Waals surface area contributed by atoms with Gasteiger partial charge in [0, 0.05) is 17.5 Å². The Balaban J connectivity index is 1.73. The topological polar surface area (TPSA) is 66.2 Å². The molecule has 0 unspecified atom stereocenters. The Morgan fingerprint density at radius 1 is 1.53 bits per heavy atom. The number of carbonyl (C=O) groups excluding carboxylic acids is 1. The zero-order chi connectivity index (χ0) is 13.2. The Hall–Kier alpha value is -2.08. The highest BCUT2D eigenvalue weighted by Crippen LogP contribution is 2.16. The number of esters is 1. The second-order valence-electron chi connectivity index (χ2n) is 4.09. The van der Waals surface area contributed by atoms with E-state index < -0.39 is 0 Å². The third kappa shape index (κ3) is 2.53. The lowest BCUT2D eigenvalue weighted by Crippen LogP contribution is -2.30. The van der Waals surface area contributed by atoms with Crippen LogP contribution in [-0.4, -0.2) is 33.8 Å². The first-order chi connectivity index (χ1) is 9.22. The van der Waals surface area contributed by atoms with Gasteiger partial charge in [-0.15, -0.1) is 5.10 Å². The summed E-state index contributed by atoms with van der Waals surface area (Å²) in [6, 6.07) is 5.20. The average molecular weight is 280 g/mol. The van der Waals surface area contributed by atoms with Crippen molar-refractivity contribution in [1.29, 1.82) is 0 Å². The van der Waals surface area contributed by atoms with Crippen molar-refractivity contribution < 1.29 is 14.4 Å². The standard InChI is InChI=1S/C12H10ClN3O3/c13-8-4-5-10-11(6-8)16(15-14-10)18-7-9-2-1-3-12(17)19-9/h1,3-6,9H,2,7H2/t9-/m1/s1. The minimum atomic E-state index is -0.355. The number of ether oxygens (including phenoxy) is 1. The van der Waals surface area contributed by atoms with Crippen LogP contribution in [0.2, 0.25) is 5.02 Å². The number of hydrogen-bond acceptors (Lipinski definition) is 5. The number of cyclic esters (lactones) is 1. The Labute approximate surface area is 113 Å². The highest BCUT2D eigenvalue weighted by atomic mass is 35.5. The first-order valence-corrected chi connectivity index (χ1v) is 6.11. The number of carbonyl (C=O) groups is 1. The molecule has 0 saturated heterocycles. The van der Waals surface area contributed by atoms with Gasteiger partial charge in [-0.05, 0) is 23.4 Å². The van der Waals surface area contributed by atoms with Crippen molar-refractivity contribution in [3.05, 3.63) is 35.4 Å². The predicted molar refractivity (Wildman–Crippen MR) is 67.6 cm³/mol. The highest BCUT2D eigenvalue weighted by Gasteiger charge is 2.17. The summed E-state index contributed by atoms with van der Waals surface area (Å²) in [7, 11) is 0. The van der Waals surface area contributed by atoms with Crippen LogP contribution in [-0.2, 0) is 9.53 Å². The molecule has 0 saturated carbocycles. The van der Waals surface area contributed by atoms with E-state index in [0.717, 1.165) is 0 Å². The molecule has 0 N–H and O–H groups in total. The largest absolute Gasteiger partial charge is 0.455 e. The van der Waals surface area contributed by atoms with Crippen LogP contribution >= 0.6 is 11.6 Å². The smallest absolute Gasteiger partial charge is 0.330 e. The fourth-order valence-corrected chi connectivity index (χ4v) is 1.96. The third-order valence-corrected chi connectivity index (χ3v) is 2.93. The zero-order valence-electron chi connectivity index (χ0n) is 9.82. The normalized spacial score (nSPS) is 18.6. The van der Waals surface area contributed by atoms with Gasteiger partial charge in [0.25, 0.3) is 0 Å². The van der Waals surface area contributed by atoms with Crippen LogP contribution in [0.4, 0.5) is 0 Å². The lowest BCUT2D eigenvalue weighted by molar-refractivity contribution is -0.147. The summed E-state index contributed by atoms with van der Waals surface area (Å²) in [5, 5.41) is 8.39. The molecule has 2 heterocycles. The van der Waals surface area contributed by atoms with Crippen LogP contribution in [0.5, 0.6) is 0 Å². The predicted octanol–water partition coefficient (Wildman–Crippen LogP) is 1.38. The number of halogens is 1. The molecule has 0 aliphatic carbocycles. The third-order valence-electron chi connectivity index (χ3n) is 2.70. The van der Waals surface area contributed by atoms with Crippen LogP contribution in [0.25, 0.3) is 11.0 Å². The molecule has 0 spiro atoms. The van der Waals surface area contributed by atoms with Gasteiger partial charge in [0.2, 0.25) is 0 Å². The second kappa shape index (κ2) is 4.89. The molecule has 0 bridgehead atoms. The minimum absolute atomic E-state index is 0.209. The molecule has 6 nitrogen and oxygen atoms in total. The van der Waals surface area contributed by atoms with Gasteiger partial charge in [-0.1, -0.05) is 22.5 Å². The van der Waals surface area contributed by atoms with E-state index in [1.165, 1.54) is 10.9 Å². The summed E-state index contributed by atoms with van der Waals surface area (Å²) < 4.78 is 5.08. The van der Waals surface area contributed by atoms with Crippen LogP contribution in [0.3, 0.4) is 0 Å². The number of benzene rings is 1. The molecule has 1 aliphatic rings. The van der Waals surface area contributed by atoms with Gasteiger partial charge in [-0.25, -0.2) is 4.79 Å². The second-order valence-corrected chi connectivity index (χ2v) is 4.52. The molecular formula is C12H10ClN3O3. The molecule has 0 fully saturated rings. The molecule has 1 aromatic heterocycles. The zero-order valence-corrected chi connectivity index (χ0v) is 10.6. The molecule has 1 aromatic carbocycles. The van der Waals surface area contributed by atoms with Gasteiger partial charge >= 0.3 is 5.97 Å². The van der Waals surface area contributed by atoms with Crippen molar-refractivity contribution in [2.24, 2.45) is 0 Å². The Morgan fingerprint density at radius 2 is 2.42 bits per heavy atom. The first-order valence-electron chi connectivity index (χ1n) is 5.74. The van der Waals surface area contributed by atoms with Gasteiger partial charge in [0.1, 0.15) is 17.1 Å². The van der Waals surface area contributed by atoms with E-state index in [-0.39, 0.29) is 18.7 Å². The fourth-order valence-electron chi connectivity index (χ4n) is 1.79. The first kappa shape index (κ1) is 12.0. The summed E-state index contributed by atoms with van der Waals surface area (Å²) in [5.41, 5.74) is 1.36. The summed E-state index contributed by atoms with van der Waals surface area (Å²) in [5.74, 6) is -0.355. The maximum absolute atomic E-state index is 11.1. The van der Waals surface area contributed by atoms with E-state index >= 15 is 0 Å². The summed E-state index contributed by atoms with van der Waals surface area (Å²) in [6.45, 7) is 0.209. The van der Waals surface area contributed by atoms with E-state index in [2.05, 4.69) is 10.3 Å². The minimum Gasteiger partial charge on any atom is -0.455 e. The highest BCUT2D eigenvalue weighted by molar-refractivity contribution is 6.31. The average Bonchev–Trinajstić information content (AvgIpc) is 2.79. The van der Waals surface area contributed by atoms with Crippen molar-refractivity contribution in [1.82, 2.24) is 15.2 Å². The number of hydrogen-bond donors (Lipinski definition) is 0. The van der Waals surface area contributed by atoms with Crippen molar-refractivity contribution >= 4 is 28.6 Å².